The number of nitrogens with zero attached hydrogens (tertiary/aromatic N) is 3. The molecular formula is C33H25N3O7S. The van der Waals surface area contributed by atoms with Gasteiger partial charge < -0.3 is 18.8 Å². The maximum absolute atomic E-state index is 14.3. The lowest BCUT2D eigenvalue weighted by Crippen LogP contribution is -2.41. The minimum atomic E-state index is -0.941. The fraction of sp³-hybridized carbons (Fsp3) is 0.121. The lowest BCUT2D eigenvalue weighted by molar-refractivity contribution is -0.138. The fourth-order valence-electron chi connectivity index (χ4n) is 5.24. The van der Waals surface area contributed by atoms with Gasteiger partial charge in [0, 0.05) is 12.1 Å². The molecule has 1 atom stereocenters. The first-order valence-electron chi connectivity index (χ1n) is 13.5. The highest BCUT2D eigenvalue weighted by Gasteiger charge is 2.37. The Morgan fingerprint density at radius 3 is 2.50 bits per heavy atom. The Labute approximate surface area is 254 Å². The number of anilines is 1. The normalized spacial score (nSPS) is 16.6. The van der Waals surface area contributed by atoms with E-state index in [0.29, 0.717) is 27.3 Å². The van der Waals surface area contributed by atoms with Gasteiger partial charge in [-0.1, -0.05) is 60.4 Å². The van der Waals surface area contributed by atoms with Gasteiger partial charge in [-0.15, -0.1) is 6.58 Å². The summed E-state index contributed by atoms with van der Waals surface area (Å²) in [5.41, 5.74) is 2.15. The highest BCUT2D eigenvalue weighted by Crippen LogP contribution is 2.36. The number of para-hydroxylation sites is 1. The van der Waals surface area contributed by atoms with Gasteiger partial charge in [-0.2, -0.15) is 0 Å². The van der Waals surface area contributed by atoms with Gasteiger partial charge in [0.2, 0.25) is 5.76 Å². The number of thiazole rings is 1. The van der Waals surface area contributed by atoms with Gasteiger partial charge in [-0.25, -0.2) is 14.6 Å². The third-order valence-corrected chi connectivity index (χ3v) is 8.19. The van der Waals surface area contributed by atoms with E-state index >= 15 is 0 Å². The van der Waals surface area contributed by atoms with Crippen LogP contribution in [0.5, 0.6) is 5.75 Å². The lowest BCUT2D eigenvalue weighted by atomic mass is 9.96. The molecule has 10 nitrogen and oxygen atoms in total. The van der Waals surface area contributed by atoms with Gasteiger partial charge in [0.15, 0.2) is 4.80 Å². The van der Waals surface area contributed by atoms with Crippen molar-refractivity contribution in [1.29, 1.82) is 0 Å². The predicted molar refractivity (Wildman–Crippen MR) is 163 cm³/mol. The van der Waals surface area contributed by atoms with E-state index in [4.69, 9.17) is 13.9 Å². The molecule has 2 aliphatic heterocycles. The molecule has 0 bridgehead atoms. The molecule has 11 heteroatoms. The summed E-state index contributed by atoms with van der Waals surface area (Å²) in [5, 5.41) is 0. The van der Waals surface area contributed by atoms with Crippen LogP contribution in [0.3, 0.4) is 0 Å². The largest absolute Gasteiger partial charge is 0.458 e. The second kappa shape index (κ2) is 11.6. The summed E-state index contributed by atoms with van der Waals surface area (Å²) in [7, 11) is 0. The molecular weight excluding hydrogens is 582 g/mol. The number of hydrogen-bond donors (Lipinski definition) is 0. The van der Waals surface area contributed by atoms with Crippen LogP contribution < -0.4 is 24.5 Å². The molecule has 0 aliphatic carbocycles. The number of esters is 2. The number of carbonyl (C=O) groups is 3. The molecule has 2 aromatic heterocycles. The van der Waals surface area contributed by atoms with Crippen molar-refractivity contribution in [1.82, 2.24) is 4.57 Å². The number of carbonyl (C=O) groups excluding carboxylic acids is 3. The van der Waals surface area contributed by atoms with Crippen molar-refractivity contribution in [3.8, 4) is 5.75 Å². The molecule has 1 unspecified atom stereocenters. The van der Waals surface area contributed by atoms with Crippen molar-refractivity contribution in [2.75, 3.05) is 18.1 Å². The first-order chi connectivity index (χ1) is 21.3. The molecule has 1 amide bonds. The monoisotopic (exact) mass is 607 g/mol. The van der Waals surface area contributed by atoms with Crippen LogP contribution in [0.15, 0.2) is 118 Å². The molecule has 0 N–H and O–H groups in total. The second-order valence-corrected chi connectivity index (χ2v) is 10.8. The van der Waals surface area contributed by atoms with Crippen LogP contribution in [0.25, 0.3) is 5.57 Å². The Bertz CT molecular complexity index is 2050. The molecule has 6 rings (SSSR count). The van der Waals surface area contributed by atoms with Gasteiger partial charge in [0.1, 0.15) is 16.9 Å². The number of hydrogen-bond acceptors (Lipinski definition) is 9. The molecule has 0 saturated carbocycles. The maximum Gasteiger partial charge on any atom is 0.379 e. The SMILES string of the molecule is C=CCOC(=O)C1=C(C)N=c2s/c(=C3\C(=O)N(CC=C)c4ccccc43)c(=O)n2C1c1ccc(OC(=O)c2ccco2)cc1. The van der Waals surface area contributed by atoms with Crippen LogP contribution in [-0.4, -0.2) is 35.6 Å². The molecule has 0 radical (unpaired) electrons. The second-order valence-electron chi connectivity index (χ2n) is 9.82. The smallest absolute Gasteiger partial charge is 0.379 e. The van der Waals surface area contributed by atoms with E-state index in [1.165, 1.54) is 23.0 Å². The molecule has 0 spiro atoms. The number of furan rings is 1. The van der Waals surface area contributed by atoms with E-state index in [0.717, 1.165) is 11.3 Å². The van der Waals surface area contributed by atoms with Crippen molar-refractivity contribution in [3.63, 3.8) is 0 Å². The zero-order chi connectivity index (χ0) is 31.0. The highest BCUT2D eigenvalue weighted by molar-refractivity contribution is 7.07. The zero-order valence-corrected chi connectivity index (χ0v) is 24.3. The number of ether oxygens (including phenoxy) is 2. The lowest BCUT2D eigenvalue weighted by Gasteiger charge is -2.24. The molecule has 220 valence electrons. The number of fused-ring (bicyclic) bond motifs is 2. The van der Waals surface area contributed by atoms with E-state index in [2.05, 4.69) is 18.2 Å². The number of amides is 1. The van der Waals surface area contributed by atoms with Crippen molar-refractivity contribution in [2.24, 2.45) is 4.99 Å². The minimum Gasteiger partial charge on any atom is -0.458 e. The summed E-state index contributed by atoms with van der Waals surface area (Å²) in [6.45, 7) is 9.27. The van der Waals surface area contributed by atoms with Gasteiger partial charge in [-0.3, -0.25) is 14.2 Å². The van der Waals surface area contributed by atoms with Crippen molar-refractivity contribution in [2.45, 2.75) is 13.0 Å². The molecule has 2 aliphatic rings. The Kier molecular flexibility index (Phi) is 7.54. The molecule has 0 fully saturated rings. The van der Waals surface area contributed by atoms with E-state index in [1.54, 1.807) is 54.3 Å². The maximum atomic E-state index is 14.3. The fourth-order valence-corrected chi connectivity index (χ4v) is 6.38. The number of aromatic nitrogens is 1. The third-order valence-electron chi connectivity index (χ3n) is 7.14. The van der Waals surface area contributed by atoms with Gasteiger partial charge >= 0.3 is 11.9 Å². The van der Waals surface area contributed by atoms with Crippen molar-refractivity contribution < 1.29 is 28.3 Å². The number of allylic oxidation sites excluding steroid dienone is 1. The van der Waals surface area contributed by atoms with Gasteiger partial charge in [-0.05, 0) is 42.8 Å². The molecule has 4 heterocycles. The van der Waals surface area contributed by atoms with E-state index in [9.17, 15) is 19.2 Å². The van der Waals surface area contributed by atoms with Crippen LogP contribution >= 0.6 is 11.3 Å². The third kappa shape index (κ3) is 4.82. The van der Waals surface area contributed by atoms with Crippen LogP contribution in [0.2, 0.25) is 0 Å². The van der Waals surface area contributed by atoms with Crippen molar-refractivity contribution >= 4 is 40.4 Å². The van der Waals surface area contributed by atoms with Crippen LogP contribution in [0, 0.1) is 0 Å². The molecule has 4 aromatic rings. The number of benzene rings is 2. The summed E-state index contributed by atoms with van der Waals surface area (Å²) >= 11 is 1.08. The van der Waals surface area contributed by atoms with Crippen LogP contribution in [-0.2, 0) is 14.3 Å². The van der Waals surface area contributed by atoms with E-state index in [1.807, 2.05) is 18.2 Å². The van der Waals surface area contributed by atoms with Crippen LogP contribution in [0.1, 0.15) is 34.6 Å². The summed E-state index contributed by atoms with van der Waals surface area (Å²) < 4.78 is 17.5. The Balaban J connectivity index is 1.50. The average Bonchev–Trinajstić information content (AvgIpc) is 3.74. The standard InChI is InChI=1S/C33H25N3O7S/c1-4-16-35-23-10-7-6-9-22(23)26(29(35)37)28-30(38)36-27(25(32(40)42-17-5-2)19(3)34-33(36)44-28)20-12-14-21(15-13-20)43-31(39)24-11-8-18-41-24/h4-15,18,27H,1-2,16-17H2,3H3/b28-26-. The van der Waals surface area contributed by atoms with Crippen molar-refractivity contribution in [3.05, 3.63) is 140 Å². The highest BCUT2D eigenvalue weighted by atomic mass is 32.1. The predicted octanol–water partition coefficient (Wildman–Crippen LogP) is 3.68. The zero-order valence-electron chi connectivity index (χ0n) is 23.5. The quantitative estimate of drug-likeness (QED) is 0.170. The molecule has 2 aromatic carbocycles. The Morgan fingerprint density at radius 2 is 1.80 bits per heavy atom. The Hall–Kier alpha value is -5.55. The average molecular weight is 608 g/mol. The molecule has 44 heavy (non-hydrogen) atoms. The first kappa shape index (κ1) is 28.6. The topological polar surface area (TPSA) is 120 Å². The Morgan fingerprint density at radius 1 is 1.02 bits per heavy atom. The summed E-state index contributed by atoms with van der Waals surface area (Å²) in [6, 6.07) is 15.8. The van der Waals surface area contributed by atoms with E-state index < -0.39 is 23.5 Å². The minimum absolute atomic E-state index is 0.0387. The van der Waals surface area contributed by atoms with E-state index in [-0.39, 0.29) is 46.2 Å². The summed E-state index contributed by atoms with van der Waals surface area (Å²) in [5.74, 6) is -1.38. The van der Waals surface area contributed by atoms with Gasteiger partial charge in [0.25, 0.3) is 11.5 Å². The number of rotatable bonds is 8. The van der Waals surface area contributed by atoms with Crippen LogP contribution in [0.4, 0.5) is 5.69 Å². The van der Waals surface area contributed by atoms with Gasteiger partial charge in [0.05, 0.1) is 34.8 Å². The summed E-state index contributed by atoms with van der Waals surface area (Å²) in [6.07, 6.45) is 4.44. The first-order valence-corrected chi connectivity index (χ1v) is 14.4. The summed E-state index contributed by atoms with van der Waals surface area (Å²) in [4.78, 5) is 60.2. The molecule has 0 saturated heterocycles.